The molecule has 10 aromatic rings. The van der Waals surface area contributed by atoms with Crippen molar-refractivity contribution < 1.29 is 217 Å². The summed E-state index contributed by atoms with van der Waals surface area (Å²) in [4.78, 5) is 92.6. The van der Waals surface area contributed by atoms with E-state index in [1.54, 1.807) is 0 Å². The number of carboxylic acid groups (broad SMARTS) is 6. The normalized spacial score (nSPS) is 14.8. The second-order valence-electron chi connectivity index (χ2n) is 29.3. The number of aliphatic imine (C=N–C) groups is 2. The Morgan fingerprint density at radius 3 is 0.500 bits per heavy atom. The molecule has 4 aromatic heterocycles. The van der Waals surface area contributed by atoms with Crippen LogP contribution in [0.25, 0.3) is 33.4 Å². The van der Waals surface area contributed by atoms with Gasteiger partial charge in [-0.3, -0.25) is 0 Å². The number of aromatic nitrogens is 4. The fourth-order valence-corrected chi connectivity index (χ4v) is 15.5. The summed E-state index contributed by atoms with van der Waals surface area (Å²) in [6.45, 7) is 0. The molecule has 7 heterocycles. The van der Waals surface area contributed by atoms with Crippen LogP contribution in [0.1, 0.15) is 185 Å². The van der Waals surface area contributed by atoms with Gasteiger partial charge in [0, 0.05) is 77.6 Å². The minimum Gasteiger partial charge on any atom is -0.478 e. The molecule has 54 heteroatoms. The van der Waals surface area contributed by atoms with Crippen molar-refractivity contribution >= 4 is 80.7 Å². The first-order chi connectivity index (χ1) is 63.0. The van der Waals surface area contributed by atoms with Gasteiger partial charge >= 0.3 is 110 Å². The monoisotopic (exact) mass is 2000 g/mol. The number of aromatic carboxylic acids is 6. The third-order valence-corrected chi connectivity index (χ3v) is 20.7. The Bertz CT molecular complexity index is 6780. The van der Waals surface area contributed by atoms with Crippen molar-refractivity contribution in [2.75, 3.05) is 0 Å². The zero-order chi connectivity index (χ0) is 103. The molecular weight excluding hydrogens is 1970 g/mol. The molecule has 6 aromatic carbocycles. The third kappa shape index (κ3) is 18.8. The Hall–Kier alpha value is -15.5. The topological polar surface area (TPSA) is 312 Å². The molecule has 12 bridgehead atoms. The molecule has 0 fully saturated rings. The highest BCUT2D eigenvalue weighted by Crippen LogP contribution is 2.52. The molecule has 3 aliphatic heterocycles. The standard InChI is InChI=1S/C84H34F36N6O12/c85-73(86,87)31-13-25(14-32(74(88,89)90)61(31)67(127)128)55-43-1-2-44(121-43)56(26-15-33(75(91,92)93)62(68(129)130)34(16-26)76(94,95)96)46-5-6-48(123-46)58(28-19-37(79(103,104)105)64(70(133)134)38(20-28)80(106,107)108)50-9-10-52(125-50)60(30-23-41(83(115,116)117)66(72(137)138)42(24-30)84(118,119)120)54-12-11-53(126-54)59(29-21-39(81(109,110)111)65(71(135)136)40(22-29)82(112,113)114)51-8-7-49(124-51)57(47-4-3-45(55)122-47)27-17-35(77(97,98)99)63(69(131)132)36(18-27)78(100,101)102/h1-24,121-122,125-126H,(H,127,128)(H,129,130)(H,131,132)(H,133,134)(H,135,136)(H,137,138). The van der Waals surface area contributed by atoms with E-state index < -0.39 is 417 Å². The molecule has 724 valence electrons. The molecule has 138 heavy (non-hydrogen) atoms. The lowest BCUT2D eigenvalue weighted by Crippen LogP contribution is -2.24. The van der Waals surface area contributed by atoms with E-state index in [9.17, 15) is 59.4 Å². The second kappa shape index (κ2) is 33.2. The number of nitrogens with zero attached hydrogens (tertiary/aromatic N) is 2. The lowest BCUT2D eigenvalue weighted by Gasteiger charge is -2.20. The molecule has 0 amide bonds. The second-order valence-corrected chi connectivity index (χ2v) is 29.3. The van der Waals surface area contributed by atoms with Crippen molar-refractivity contribution in [3.05, 3.63) is 335 Å². The summed E-state index contributed by atoms with van der Waals surface area (Å²) >= 11 is 0. The van der Waals surface area contributed by atoms with E-state index in [0.29, 0.717) is 0 Å². The highest BCUT2D eigenvalue weighted by molar-refractivity contribution is 6.31. The molecule has 13 rings (SSSR count). The van der Waals surface area contributed by atoms with E-state index in [4.69, 9.17) is 0 Å². The lowest BCUT2D eigenvalue weighted by atomic mass is 9.91. The van der Waals surface area contributed by atoms with Crippen LogP contribution in [0.4, 0.5) is 158 Å². The fraction of sp³-hybridized carbons (Fsp3) is 0.143. The number of benzene rings is 6. The van der Waals surface area contributed by atoms with Crippen molar-refractivity contribution in [3.63, 3.8) is 0 Å². The maximum absolute atomic E-state index is 15.6. The maximum atomic E-state index is 15.6. The van der Waals surface area contributed by atoms with Gasteiger partial charge in [-0.05, 0) is 179 Å². The van der Waals surface area contributed by atoms with Gasteiger partial charge in [0.25, 0.3) is 0 Å². The van der Waals surface area contributed by atoms with E-state index in [0.717, 1.165) is 0 Å². The van der Waals surface area contributed by atoms with E-state index in [1.807, 2.05) is 0 Å². The summed E-state index contributed by atoms with van der Waals surface area (Å²) in [7, 11) is 0. The number of rotatable bonds is 12. The summed E-state index contributed by atoms with van der Waals surface area (Å²) < 4.78 is 560. The Labute approximate surface area is 734 Å². The highest BCUT2D eigenvalue weighted by atomic mass is 19.5. The summed E-state index contributed by atoms with van der Waals surface area (Å²) in [5.74, 6) is -18.6. The van der Waals surface area contributed by atoms with E-state index in [1.165, 1.54) is 0 Å². The minimum atomic E-state index is -6.42. The summed E-state index contributed by atoms with van der Waals surface area (Å²) in [6, 6.07) is -4.13. The Balaban J connectivity index is 1.37. The van der Waals surface area contributed by atoms with Crippen LogP contribution in [-0.2, 0) is 74.1 Å². The molecule has 0 saturated carbocycles. The average molecular weight is 2000 g/mol. The van der Waals surface area contributed by atoms with Gasteiger partial charge in [-0.2, -0.15) is 158 Å². The number of halogens is 36. The first-order valence-electron chi connectivity index (χ1n) is 36.7. The summed E-state index contributed by atoms with van der Waals surface area (Å²) in [5, 5.41) is 54.8. The highest BCUT2D eigenvalue weighted by Gasteiger charge is 2.53. The first-order valence-corrected chi connectivity index (χ1v) is 36.7. The number of hydrogen-bond acceptors (Lipinski definition) is 8. The van der Waals surface area contributed by atoms with Gasteiger partial charge < -0.3 is 50.6 Å². The number of H-pyrrole nitrogens is 4. The number of fused-ring (bicyclic) bond motifs is 10. The molecule has 18 nitrogen and oxygen atoms in total. The summed E-state index contributed by atoms with van der Waals surface area (Å²) in [5.41, 5.74) is -83.3. The Morgan fingerprint density at radius 2 is 0.341 bits per heavy atom. The molecule has 0 radical (unpaired) electrons. The van der Waals surface area contributed by atoms with Gasteiger partial charge in [-0.25, -0.2) is 38.8 Å². The quantitative estimate of drug-likeness (QED) is 0.0511. The molecule has 0 spiro atoms. The van der Waals surface area contributed by atoms with Crippen LogP contribution >= 0.6 is 0 Å². The Morgan fingerprint density at radius 1 is 0.196 bits per heavy atom. The number of allylic oxidation sites excluding steroid dienone is 4. The van der Waals surface area contributed by atoms with Crippen LogP contribution in [0.3, 0.4) is 0 Å². The van der Waals surface area contributed by atoms with Crippen molar-refractivity contribution in [1.82, 2.24) is 19.9 Å². The predicted octanol–water partition coefficient (Wildman–Crippen LogP) is 21.6. The molecule has 3 aliphatic rings. The maximum Gasteiger partial charge on any atom is 0.417 e. The van der Waals surface area contributed by atoms with Gasteiger partial charge in [0.1, 0.15) is 0 Å². The van der Waals surface area contributed by atoms with Crippen molar-refractivity contribution in [2.45, 2.75) is 74.1 Å². The number of aromatic amines is 4. The van der Waals surface area contributed by atoms with Gasteiger partial charge in [-0.15, -0.1) is 0 Å². The first kappa shape index (κ1) is 100.0. The zero-order valence-corrected chi connectivity index (χ0v) is 65.5. The summed E-state index contributed by atoms with van der Waals surface area (Å²) in [6.07, 6.45) is -76.1. The Kier molecular flexibility index (Phi) is 24.1. The van der Waals surface area contributed by atoms with Gasteiger partial charge in [0.05, 0.1) is 123 Å². The number of hydrogen-bond donors (Lipinski definition) is 10. The van der Waals surface area contributed by atoms with Crippen molar-refractivity contribution in [3.8, 4) is 0 Å². The van der Waals surface area contributed by atoms with Gasteiger partial charge in [0.15, 0.2) is 0 Å². The van der Waals surface area contributed by atoms with E-state index >= 15 is 158 Å². The molecule has 0 unspecified atom stereocenters. The SMILES string of the molecule is O=C(O)c1c(C(F)(F)F)cc(C2=C3C=CC(=N3)C(c3cc(C(F)(F)F)c(C(=O)O)c(C(F)(F)F)c3)=c3ccc([nH]3)=C(c3cc(C(F)(F)F)c(C(=O)O)c(C(F)(F)F)c3)c3ccc([nH]3)C(c3cc(C(F)(F)F)c(C(=O)O)c(C(F)(F)F)c3)=C3C=CC(=N3)C(c3cc(C(F)(F)F)c(C(=O)O)c(C(F)(F)F)c3)=c3ccc([nH]3)=C(c3cc(C(F)(F)F)c(C(=O)O)c(C(F)(F)F)c3)c3ccc2[nH]3)cc1C(F)(F)F. The van der Waals surface area contributed by atoms with Crippen molar-refractivity contribution in [1.29, 1.82) is 0 Å². The molecular formula is C84H34F36N6O12. The van der Waals surface area contributed by atoms with Crippen LogP contribution in [-0.4, -0.2) is 97.8 Å². The van der Waals surface area contributed by atoms with Crippen LogP contribution < -0.4 is 21.4 Å². The van der Waals surface area contributed by atoms with Gasteiger partial charge in [0.2, 0.25) is 0 Å². The van der Waals surface area contributed by atoms with Crippen molar-refractivity contribution in [2.24, 2.45) is 9.98 Å². The van der Waals surface area contributed by atoms with E-state index in [-0.39, 0.29) is 72.8 Å². The lowest BCUT2D eigenvalue weighted by molar-refractivity contribution is -0.145. The molecule has 0 aliphatic carbocycles. The number of carboxylic acids is 6. The zero-order valence-electron chi connectivity index (χ0n) is 65.5. The van der Waals surface area contributed by atoms with Crippen LogP contribution in [0.15, 0.2) is 167 Å². The minimum absolute atomic E-state index is 0.233. The third-order valence-electron chi connectivity index (χ3n) is 20.7. The smallest absolute Gasteiger partial charge is 0.417 e. The van der Waals surface area contributed by atoms with E-state index in [2.05, 4.69) is 29.9 Å². The molecule has 0 atom stereocenters. The number of alkyl halides is 36. The largest absolute Gasteiger partial charge is 0.478 e. The van der Waals surface area contributed by atoms with Crippen LogP contribution in [0, 0.1) is 0 Å². The molecule has 0 saturated heterocycles. The van der Waals surface area contributed by atoms with Crippen LogP contribution in [0.5, 0.6) is 0 Å². The predicted molar refractivity (Wildman–Crippen MR) is 396 cm³/mol. The molecule has 10 N–H and O–H groups in total. The van der Waals surface area contributed by atoms with Crippen LogP contribution in [0.2, 0.25) is 0 Å². The average Bonchev–Trinajstić information content (AvgIpc) is 1.61. The fourth-order valence-electron chi connectivity index (χ4n) is 15.5. The van der Waals surface area contributed by atoms with Gasteiger partial charge in [-0.1, -0.05) is 0 Å². The number of carbonyl (C=O) groups is 6. The number of nitrogens with one attached hydrogen (secondary N) is 4.